The maximum Gasteiger partial charge on any atom is 0.296 e. The molecule has 1 radical (unpaired) electrons. The fraction of sp³-hybridized carbons (Fsp3) is 0.143. The number of halogens is 1. The summed E-state index contributed by atoms with van der Waals surface area (Å²) in [7, 11) is -2.53. The van der Waals surface area contributed by atoms with Crippen molar-refractivity contribution in [3.05, 3.63) is 29.3 Å². The number of rotatable bonds is 2. The van der Waals surface area contributed by atoms with E-state index in [4.69, 9.17) is 11.6 Å². The molecule has 0 saturated heterocycles. The highest BCUT2D eigenvalue weighted by atomic mass is 35.5. The topological polar surface area (TPSA) is 43.4 Å². The molecule has 0 amide bonds. The van der Waals surface area contributed by atoms with E-state index in [1.165, 1.54) is 18.2 Å². The summed E-state index contributed by atoms with van der Waals surface area (Å²) in [6, 6.07) is 6.68. The zero-order valence-corrected chi connectivity index (χ0v) is 7.82. The van der Waals surface area contributed by atoms with Crippen LogP contribution in [-0.4, -0.2) is 15.5 Å². The molecule has 0 aliphatic carbocycles. The van der Waals surface area contributed by atoms with Crippen LogP contribution in [-0.2, 0) is 14.3 Å². The van der Waals surface area contributed by atoms with Crippen LogP contribution in [0.3, 0.4) is 0 Å². The van der Waals surface area contributed by atoms with Gasteiger partial charge in [-0.15, -0.1) is 0 Å². The first-order valence-electron chi connectivity index (χ1n) is 3.04. The molecule has 0 unspecified atom stereocenters. The van der Waals surface area contributed by atoms with Crippen molar-refractivity contribution in [2.75, 3.05) is 7.11 Å². The molecular weight excluding hydrogens is 200 g/mol. The Balaban J connectivity index is 3.21. The maximum absolute atomic E-state index is 11.1. The maximum atomic E-state index is 11.1. The van der Waals surface area contributed by atoms with E-state index in [1.54, 1.807) is 0 Å². The Morgan fingerprint density at radius 3 is 2.75 bits per heavy atom. The van der Waals surface area contributed by atoms with E-state index in [-0.39, 0.29) is 9.92 Å². The molecule has 0 aromatic heterocycles. The van der Waals surface area contributed by atoms with Gasteiger partial charge in [-0.2, -0.15) is 8.42 Å². The van der Waals surface area contributed by atoms with E-state index in [0.717, 1.165) is 7.11 Å². The number of benzene rings is 1. The van der Waals surface area contributed by atoms with Gasteiger partial charge in [0.15, 0.2) is 0 Å². The van der Waals surface area contributed by atoms with Crippen LogP contribution < -0.4 is 0 Å². The first-order valence-corrected chi connectivity index (χ1v) is 4.83. The van der Waals surface area contributed by atoms with Gasteiger partial charge in [-0.1, -0.05) is 17.7 Å². The normalized spacial score (nSPS) is 11.5. The molecule has 1 aromatic carbocycles. The number of hydrogen-bond acceptors (Lipinski definition) is 3. The predicted molar refractivity (Wildman–Crippen MR) is 44.5 cm³/mol. The zero-order valence-electron chi connectivity index (χ0n) is 6.24. The van der Waals surface area contributed by atoms with Crippen LogP contribution in [0.25, 0.3) is 0 Å². The lowest BCUT2D eigenvalue weighted by Gasteiger charge is -1.99. The van der Waals surface area contributed by atoms with E-state index in [9.17, 15) is 8.42 Å². The van der Waals surface area contributed by atoms with Crippen molar-refractivity contribution in [3.63, 3.8) is 0 Å². The Labute approximate surface area is 76.0 Å². The van der Waals surface area contributed by atoms with Crippen molar-refractivity contribution in [3.8, 4) is 0 Å². The zero-order chi connectivity index (χ0) is 9.19. The lowest BCUT2D eigenvalue weighted by Crippen LogP contribution is -2.02. The smallest absolute Gasteiger partial charge is 0.270 e. The standard InChI is InChI=1S/C7H6ClO3S/c1-11-12(9,10)7-4-2-3-6(8)5-7/h2,4-5H,1H3. The minimum atomic E-state index is -3.63. The Bertz CT molecular complexity index is 372. The summed E-state index contributed by atoms with van der Waals surface area (Å²) < 4.78 is 26.4. The van der Waals surface area contributed by atoms with Crippen molar-refractivity contribution >= 4 is 21.7 Å². The van der Waals surface area contributed by atoms with E-state index >= 15 is 0 Å². The monoisotopic (exact) mass is 205 g/mol. The third-order valence-electron chi connectivity index (χ3n) is 1.25. The molecule has 0 saturated carbocycles. The van der Waals surface area contributed by atoms with E-state index in [0.29, 0.717) is 0 Å². The summed E-state index contributed by atoms with van der Waals surface area (Å²) in [6.45, 7) is 0. The largest absolute Gasteiger partial charge is 0.296 e. The highest BCUT2D eigenvalue weighted by molar-refractivity contribution is 7.86. The first-order chi connectivity index (χ1) is 5.56. The number of hydrogen-bond donors (Lipinski definition) is 0. The van der Waals surface area contributed by atoms with Gasteiger partial charge >= 0.3 is 0 Å². The highest BCUT2D eigenvalue weighted by Crippen LogP contribution is 2.15. The van der Waals surface area contributed by atoms with E-state index < -0.39 is 10.1 Å². The SMILES string of the molecule is COS(=O)(=O)c1cc[c]c(Cl)c1. The van der Waals surface area contributed by atoms with E-state index in [2.05, 4.69) is 10.2 Å². The molecule has 0 spiro atoms. The quantitative estimate of drug-likeness (QED) is 0.687. The van der Waals surface area contributed by atoms with Crippen molar-refractivity contribution < 1.29 is 12.6 Å². The van der Waals surface area contributed by atoms with E-state index in [1.807, 2.05) is 0 Å². The van der Waals surface area contributed by atoms with Gasteiger partial charge < -0.3 is 0 Å². The van der Waals surface area contributed by atoms with Gasteiger partial charge in [-0.05, 0) is 12.1 Å². The molecular formula is C7H6ClO3S. The molecule has 0 N–H and O–H groups in total. The fourth-order valence-electron chi connectivity index (χ4n) is 0.670. The van der Waals surface area contributed by atoms with Crippen molar-refractivity contribution in [1.29, 1.82) is 0 Å². The van der Waals surface area contributed by atoms with Crippen molar-refractivity contribution in [2.24, 2.45) is 0 Å². The van der Waals surface area contributed by atoms with Gasteiger partial charge in [-0.3, -0.25) is 4.18 Å². The molecule has 1 aromatic rings. The van der Waals surface area contributed by atoms with Gasteiger partial charge in [0.1, 0.15) is 0 Å². The van der Waals surface area contributed by atoms with Crippen LogP contribution in [0.4, 0.5) is 0 Å². The predicted octanol–water partition coefficient (Wildman–Crippen LogP) is 1.48. The minimum absolute atomic E-state index is 0.0359. The molecule has 0 aliphatic rings. The summed E-state index contributed by atoms with van der Waals surface area (Å²) in [4.78, 5) is 0.0359. The Hall–Kier alpha value is -0.580. The molecule has 3 nitrogen and oxygen atoms in total. The molecule has 0 fully saturated rings. The fourth-order valence-corrected chi connectivity index (χ4v) is 1.60. The Morgan fingerprint density at radius 2 is 2.25 bits per heavy atom. The summed E-state index contributed by atoms with van der Waals surface area (Å²) >= 11 is 5.53. The average molecular weight is 206 g/mol. The molecule has 0 atom stereocenters. The van der Waals surface area contributed by atoms with Gasteiger partial charge in [0.2, 0.25) is 0 Å². The lowest BCUT2D eigenvalue weighted by molar-refractivity contribution is 0.398. The second-order valence-electron chi connectivity index (χ2n) is 1.99. The molecule has 0 heterocycles. The molecule has 65 valence electrons. The van der Waals surface area contributed by atoms with Crippen LogP contribution in [0, 0.1) is 6.07 Å². The Kier molecular flexibility index (Phi) is 2.72. The van der Waals surface area contributed by atoms with Crippen molar-refractivity contribution in [1.82, 2.24) is 0 Å². The molecule has 12 heavy (non-hydrogen) atoms. The summed E-state index contributed by atoms with van der Waals surface area (Å²) in [5.74, 6) is 0. The molecule has 0 aliphatic heterocycles. The highest BCUT2D eigenvalue weighted by Gasteiger charge is 2.12. The second kappa shape index (κ2) is 3.43. The van der Waals surface area contributed by atoms with Gasteiger partial charge in [0, 0.05) is 11.1 Å². The minimum Gasteiger partial charge on any atom is -0.270 e. The molecule has 5 heteroatoms. The first kappa shape index (κ1) is 9.51. The average Bonchev–Trinajstić information content (AvgIpc) is 2.05. The summed E-state index contributed by atoms with van der Waals surface area (Å²) in [6.07, 6.45) is 0. The lowest BCUT2D eigenvalue weighted by atomic mass is 10.4. The third kappa shape index (κ3) is 1.97. The third-order valence-corrected chi connectivity index (χ3v) is 2.73. The van der Waals surface area contributed by atoms with Crippen molar-refractivity contribution in [2.45, 2.75) is 4.90 Å². The molecule has 0 bridgehead atoms. The van der Waals surface area contributed by atoms with Gasteiger partial charge in [-0.25, -0.2) is 0 Å². The van der Waals surface area contributed by atoms with Crippen LogP contribution in [0.2, 0.25) is 5.02 Å². The van der Waals surface area contributed by atoms with Crippen LogP contribution in [0.15, 0.2) is 23.1 Å². The summed E-state index contributed by atoms with van der Waals surface area (Å²) in [5, 5.41) is 0.244. The van der Waals surface area contributed by atoms with Gasteiger partial charge in [0.25, 0.3) is 10.1 Å². The molecule has 1 rings (SSSR count). The summed E-state index contributed by atoms with van der Waals surface area (Å²) in [5.41, 5.74) is 0. The van der Waals surface area contributed by atoms with Crippen LogP contribution in [0.1, 0.15) is 0 Å². The van der Waals surface area contributed by atoms with Crippen LogP contribution >= 0.6 is 11.6 Å². The van der Waals surface area contributed by atoms with Gasteiger partial charge in [0.05, 0.1) is 12.0 Å². The second-order valence-corrected chi connectivity index (χ2v) is 4.11. The van der Waals surface area contributed by atoms with Crippen LogP contribution in [0.5, 0.6) is 0 Å². The Morgan fingerprint density at radius 1 is 1.58 bits per heavy atom.